The van der Waals surface area contributed by atoms with Gasteiger partial charge in [0.15, 0.2) is 12.4 Å². The van der Waals surface area contributed by atoms with Crippen molar-refractivity contribution in [2.24, 2.45) is 0 Å². The first-order chi connectivity index (χ1) is 13.7. The van der Waals surface area contributed by atoms with Gasteiger partial charge in [0.25, 0.3) is 5.91 Å². The average molecular weight is 392 g/mol. The number of fused-ring (bicyclic) bond motifs is 1. The van der Waals surface area contributed by atoms with Crippen LogP contribution >= 0.6 is 11.6 Å². The Morgan fingerprint density at radius 3 is 2.71 bits per heavy atom. The Labute approximate surface area is 167 Å². The molecule has 0 unspecified atom stereocenters. The fraction of sp³-hybridized carbons (Fsp3) is 0.0909. The van der Waals surface area contributed by atoms with Crippen molar-refractivity contribution in [3.8, 4) is 5.75 Å². The summed E-state index contributed by atoms with van der Waals surface area (Å²) in [5, 5.41) is 9.99. The van der Waals surface area contributed by atoms with Gasteiger partial charge in [0.1, 0.15) is 5.75 Å². The highest BCUT2D eigenvalue weighted by molar-refractivity contribution is 6.30. The second-order valence-electron chi connectivity index (χ2n) is 6.37. The van der Waals surface area contributed by atoms with Gasteiger partial charge >= 0.3 is 0 Å². The van der Waals surface area contributed by atoms with Gasteiger partial charge in [-0.1, -0.05) is 54.1 Å². The first kappa shape index (κ1) is 18.1. The quantitative estimate of drug-likeness (QED) is 0.515. The lowest BCUT2D eigenvalue weighted by Gasteiger charge is -2.07. The maximum Gasteiger partial charge on any atom is 0.263 e. The minimum absolute atomic E-state index is 0.0838. The van der Waals surface area contributed by atoms with Crippen LogP contribution in [0.2, 0.25) is 5.02 Å². The van der Waals surface area contributed by atoms with Gasteiger partial charge in [-0.15, -0.1) is 0 Å². The van der Waals surface area contributed by atoms with Crippen LogP contribution < -0.4 is 10.1 Å². The zero-order chi connectivity index (χ0) is 19.3. The Balaban J connectivity index is 1.33. The fourth-order valence-corrected chi connectivity index (χ4v) is 3.14. The van der Waals surface area contributed by atoms with Crippen LogP contribution in [0.15, 0.2) is 79.0 Å². The smallest absolute Gasteiger partial charge is 0.263 e. The van der Waals surface area contributed by atoms with Crippen molar-refractivity contribution in [3.63, 3.8) is 0 Å². The van der Waals surface area contributed by atoms with Crippen molar-refractivity contribution in [3.05, 3.63) is 89.6 Å². The number of aromatic nitrogens is 2. The van der Waals surface area contributed by atoms with Gasteiger partial charge in [-0.25, -0.2) is 0 Å². The highest BCUT2D eigenvalue weighted by Gasteiger charge is 2.07. The summed E-state index contributed by atoms with van der Waals surface area (Å²) in [5.41, 5.74) is 1.04. The van der Waals surface area contributed by atoms with Gasteiger partial charge < -0.3 is 10.1 Å². The monoisotopic (exact) mass is 391 g/mol. The summed E-state index contributed by atoms with van der Waals surface area (Å²) in [7, 11) is 0. The zero-order valence-corrected chi connectivity index (χ0v) is 15.8. The van der Waals surface area contributed by atoms with Gasteiger partial charge in [-0.05, 0) is 40.6 Å². The summed E-state index contributed by atoms with van der Waals surface area (Å²) in [6, 6.07) is 23.1. The number of carbonyl (C=O) groups excluding carboxylic acids is 1. The average Bonchev–Trinajstić information content (AvgIpc) is 3.13. The van der Waals surface area contributed by atoms with Crippen LogP contribution in [0.5, 0.6) is 5.75 Å². The number of hydrogen-bond donors (Lipinski definition) is 1. The van der Waals surface area contributed by atoms with Crippen LogP contribution in [0.3, 0.4) is 0 Å². The van der Waals surface area contributed by atoms with Crippen molar-refractivity contribution in [2.45, 2.75) is 6.54 Å². The molecular formula is C22H18ClN3O2. The Morgan fingerprint density at radius 2 is 1.86 bits per heavy atom. The van der Waals surface area contributed by atoms with E-state index < -0.39 is 0 Å². The lowest BCUT2D eigenvalue weighted by atomic mass is 10.1. The number of rotatable bonds is 6. The number of amides is 1. The molecule has 4 aromatic rings. The summed E-state index contributed by atoms with van der Waals surface area (Å²) < 4.78 is 7.34. The molecule has 0 spiro atoms. The van der Waals surface area contributed by atoms with E-state index in [1.54, 1.807) is 16.9 Å². The van der Waals surface area contributed by atoms with Crippen LogP contribution in [0.1, 0.15) is 5.56 Å². The molecule has 4 rings (SSSR count). The molecule has 3 aromatic carbocycles. The Hall–Kier alpha value is -3.31. The molecule has 0 aliphatic carbocycles. The fourth-order valence-electron chi connectivity index (χ4n) is 2.92. The second kappa shape index (κ2) is 8.15. The molecule has 0 saturated carbocycles. The minimum atomic E-state index is -0.263. The highest BCUT2D eigenvalue weighted by Crippen LogP contribution is 2.20. The van der Waals surface area contributed by atoms with Gasteiger partial charge in [0.2, 0.25) is 0 Å². The SMILES string of the molecule is O=C(COc1ccc2ccccc2c1)Nc1ccn(Cc2cccc(Cl)c2)n1. The van der Waals surface area contributed by atoms with E-state index in [1.165, 1.54) is 0 Å². The van der Waals surface area contributed by atoms with Crippen LogP contribution in [-0.4, -0.2) is 22.3 Å². The Bertz CT molecular complexity index is 1120. The third kappa shape index (κ3) is 4.50. The molecule has 0 aliphatic rings. The molecular weight excluding hydrogens is 374 g/mol. The molecule has 0 aliphatic heterocycles. The number of anilines is 1. The van der Waals surface area contributed by atoms with E-state index in [-0.39, 0.29) is 12.5 Å². The molecule has 0 saturated heterocycles. The van der Waals surface area contributed by atoms with Crippen LogP contribution in [0.4, 0.5) is 5.82 Å². The van der Waals surface area contributed by atoms with E-state index >= 15 is 0 Å². The summed E-state index contributed by atoms with van der Waals surface area (Å²) in [6.45, 7) is 0.490. The molecule has 140 valence electrons. The van der Waals surface area contributed by atoms with Crippen LogP contribution in [0, 0.1) is 0 Å². The third-order valence-electron chi connectivity index (χ3n) is 4.23. The molecule has 1 amide bonds. The van der Waals surface area contributed by atoms with Gasteiger partial charge in [-0.2, -0.15) is 5.10 Å². The first-order valence-corrected chi connectivity index (χ1v) is 9.23. The summed E-state index contributed by atoms with van der Waals surface area (Å²) >= 11 is 6.00. The van der Waals surface area contributed by atoms with E-state index in [1.807, 2.05) is 66.7 Å². The number of nitrogens with one attached hydrogen (secondary N) is 1. The number of hydrogen-bond acceptors (Lipinski definition) is 3. The lowest BCUT2D eigenvalue weighted by Crippen LogP contribution is -2.20. The molecule has 0 radical (unpaired) electrons. The van der Waals surface area contributed by atoms with Gasteiger partial charge in [0.05, 0.1) is 6.54 Å². The normalized spacial score (nSPS) is 10.8. The summed E-state index contributed by atoms with van der Waals surface area (Å²) in [6.07, 6.45) is 1.81. The maximum atomic E-state index is 12.2. The molecule has 1 aromatic heterocycles. The minimum Gasteiger partial charge on any atom is -0.484 e. The van der Waals surface area contributed by atoms with E-state index in [0.29, 0.717) is 23.1 Å². The molecule has 1 heterocycles. The van der Waals surface area contributed by atoms with Crippen molar-refractivity contribution >= 4 is 34.1 Å². The number of carbonyl (C=O) groups is 1. The van der Waals surface area contributed by atoms with Crippen LogP contribution in [0.25, 0.3) is 10.8 Å². The molecule has 0 atom stereocenters. The largest absolute Gasteiger partial charge is 0.484 e. The topological polar surface area (TPSA) is 56.1 Å². The third-order valence-corrected chi connectivity index (χ3v) is 4.47. The van der Waals surface area contributed by atoms with E-state index in [4.69, 9.17) is 16.3 Å². The standard InChI is InChI=1S/C22H18ClN3O2/c23-19-7-3-4-16(12-19)14-26-11-10-21(25-26)24-22(27)15-28-20-9-8-17-5-1-2-6-18(17)13-20/h1-13H,14-15H2,(H,24,25,27). The van der Waals surface area contributed by atoms with E-state index in [2.05, 4.69) is 10.4 Å². The second-order valence-corrected chi connectivity index (χ2v) is 6.81. The zero-order valence-electron chi connectivity index (χ0n) is 15.0. The number of halogens is 1. The predicted molar refractivity (Wildman–Crippen MR) is 111 cm³/mol. The van der Waals surface area contributed by atoms with Crippen molar-refractivity contribution in [2.75, 3.05) is 11.9 Å². The maximum absolute atomic E-state index is 12.2. The van der Waals surface area contributed by atoms with Crippen molar-refractivity contribution < 1.29 is 9.53 Å². The number of nitrogens with zero attached hydrogens (tertiary/aromatic N) is 2. The lowest BCUT2D eigenvalue weighted by molar-refractivity contribution is -0.118. The highest BCUT2D eigenvalue weighted by atomic mass is 35.5. The molecule has 6 heteroatoms. The van der Waals surface area contributed by atoms with Crippen molar-refractivity contribution in [1.29, 1.82) is 0 Å². The summed E-state index contributed by atoms with van der Waals surface area (Å²) in [4.78, 5) is 12.2. The van der Waals surface area contributed by atoms with Crippen LogP contribution in [-0.2, 0) is 11.3 Å². The van der Waals surface area contributed by atoms with Crippen molar-refractivity contribution in [1.82, 2.24) is 9.78 Å². The number of ether oxygens (including phenoxy) is 1. The van der Waals surface area contributed by atoms with Gasteiger partial charge in [0, 0.05) is 17.3 Å². The Morgan fingerprint density at radius 1 is 1.00 bits per heavy atom. The molecule has 1 N–H and O–H groups in total. The summed E-state index contributed by atoms with van der Waals surface area (Å²) in [5.74, 6) is 0.871. The first-order valence-electron chi connectivity index (χ1n) is 8.85. The van der Waals surface area contributed by atoms with E-state index in [0.717, 1.165) is 16.3 Å². The predicted octanol–water partition coefficient (Wildman–Crippen LogP) is 4.76. The Kier molecular flexibility index (Phi) is 5.26. The van der Waals surface area contributed by atoms with Gasteiger partial charge in [-0.3, -0.25) is 9.48 Å². The van der Waals surface area contributed by atoms with E-state index in [9.17, 15) is 4.79 Å². The molecule has 0 bridgehead atoms. The molecule has 0 fully saturated rings. The molecule has 28 heavy (non-hydrogen) atoms. The molecule has 5 nitrogen and oxygen atoms in total. The number of benzene rings is 3.